The van der Waals surface area contributed by atoms with E-state index in [-0.39, 0.29) is 11.1 Å². The van der Waals surface area contributed by atoms with Crippen LogP contribution >= 0.6 is 0 Å². The number of H-pyrrole nitrogens is 1. The Morgan fingerprint density at radius 2 is 1.63 bits per heavy atom. The Hall–Kier alpha value is -4.58. The van der Waals surface area contributed by atoms with E-state index in [9.17, 15) is 9.59 Å². The molecule has 5 rings (SSSR count). The molecule has 2 heterocycles. The standard InChI is InChI=1S/C29H25N3O3/c1-31(2)27-25(29(34)35-3)24-26(30-27)22-18-21(20-12-8-5-9-13-20)14-15-23(22)32(28(24)33)17-16-19-10-6-4-7-11-19/h4-18,30H,1-3H3. The molecule has 35 heavy (non-hydrogen) atoms. The number of esters is 1. The smallest absolute Gasteiger partial charge is 0.342 e. The maximum absolute atomic E-state index is 13.9. The van der Waals surface area contributed by atoms with Crippen molar-refractivity contribution in [1.29, 1.82) is 0 Å². The number of anilines is 1. The fourth-order valence-corrected chi connectivity index (χ4v) is 4.40. The summed E-state index contributed by atoms with van der Waals surface area (Å²) in [6, 6.07) is 25.8. The quantitative estimate of drug-likeness (QED) is 0.343. The van der Waals surface area contributed by atoms with Gasteiger partial charge in [0.2, 0.25) is 0 Å². The van der Waals surface area contributed by atoms with Crippen molar-refractivity contribution in [1.82, 2.24) is 9.55 Å². The maximum Gasteiger partial charge on any atom is 0.342 e. The summed E-state index contributed by atoms with van der Waals surface area (Å²) in [5, 5.41) is 1.13. The van der Waals surface area contributed by atoms with Crippen LogP contribution < -0.4 is 10.5 Å². The van der Waals surface area contributed by atoms with Crippen molar-refractivity contribution in [2.24, 2.45) is 0 Å². The molecule has 0 aliphatic carbocycles. The zero-order chi connectivity index (χ0) is 24.5. The first kappa shape index (κ1) is 22.2. The fourth-order valence-electron chi connectivity index (χ4n) is 4.40. The molecule has 1 N–H and O–H groups in total. The summed E-state index contributed by atoms with van der Waals surface area (Å²) in [5.41, 5.74) is 4.31. The number of hydrogen-bond acceptors (Lipinski definition) is 4. The van der Waals surface area contributed by atoms with E-state index in [1.807, 2.05) is 93.0 Å². The Kier molecular flexibility index (Phi) is 5.71. The van der Waals surface area contributed by atoms with E-state index in [1.54, 1.807) is 15.7 Å². The highest BCUT2D eigenvalue weighted by atomic mass is 16.5. The average Bonchev–Trinajstić information content (AvgIpc) is 3.31. The van der Waals surface area contributed by atoms with Crippen molar-refractivity contribution in [3.63, 3.8) is 0 Å². The van der Waals surface area contributed by atoms with Gasteiger partial charge in [0.15, 0.2) is 0 Å². The lowest BCUT2D eigenvalue weighted by Gasteiger charge is -2.11. The summed E-state index contributed by atoms with van der Waals surface area (Å²) in [6.45, 7) is 0. The van der Waals surface area contributed by atoms with Crippen LogP contribution in [0.4, 0.5) is 5.82 Å². The largest absolute Gasteiger partial charge is 0.465 e. The first-order chi connectivity index (χ1) is 17.0. The second-order valence-corrected chi connectivity index (χ2v) is 8.48. The number of carbonyl (C=O) groups excluding carboxylic acids is 1. The molecule has 2 aromatic heterocycles. The first-order valence-electron chi connectivity index (χ1n) is 11.3. The van der Waals surface area contributed by atoms with Crippen LogP contribution in [-0.4, -0.2) is 36.7 Å². The molecule has 0 atom stereocenters. The number of ether oxygens (including phenoxy) is 1. The summed E-state index contributed by atoms with van der Waals surface area (Å²) < 4.78 is 6.67. The van der Waals surface area contributed by atoms with Crippen LogP contribution in [0.2, 0.25) is 0 Å². The second-order valence-electron chi connectivity index (χ2n) is 8.48. The first-order valence-corrected chi connectivity index (χ1v) is 11.3. The van der Waals surface area contributed by atoms with Gasteiger partial charge in [-0.05, 0) is 34.9 Å². The van der Waals surface area contributed by atoms with E-state index >= 15 is 0 Å². The van der Waals surface area contributed by atoms with Gasteiger partial charge in [0.25, 0.3) is 5.56 Å². The number of nitrogens with zero attached hydrogens (tertiary/aromatic N) is 2. The lowest BCUT2D eigenvalue weighted by molar-refractivity contribution is 0.0603. The third-order valence-electron chi connectivity index (χ3n) is 6.10. The zero-order valence-electron chi connectivity index (χ0n) is 19.8. The summed E-state index contributed by atoms with van der Waals surface area (Å²) in [7, 11) is 4.97. The molecular formula is C29H25N3O3. The molecule has 0 saturated heterocycles. The molecule has 0 radical (unpaired) electrons. The number of benzene rings is 3. The Bertz CT molecular complexity index is 1630. The van der Waals surface area contributed by atoms with Gasteiger partial charge in [-0.2, -0.15) is 0 Å². The van der Waals surface area contributed by atoms with Gasteiger partial charge in [0.05, 0.1) is 23.5 Å². The number of pyridine rings is 1. The van der Waals surface area contributed by atoms with Crippen molar-refractivity contribution in [2.45, 2.75) is 0 Å². The van der Waals surface area contributed by atoms with Crippen LogP contribution in [0.15, 0.2) is 83.7 Å². The molecule has 5 aromatic rings. The summed E-state index contributed by atoms with van der Waals surface area (Å²) in [6.07, 6.45) is 3.64. The topological polar surface area (TPSA) is 67.3 Å². The minimum absolute atomic E-state index is 0.228. The summed E-state index contributed by atoms with van der Waals surface area (Å²) in [5.74, 6) is -0.0330. The van der Waals surface area contributed by atoms with Gasteiger partial charge in [-0.1, -0.05) is 66.7 Å². The monoisotopic (exact) mass is 463 g/mol. The predicted octanol–water partition coefficient (Wildman–Crippen LogP) is 5.63. The highest BCUT2D eigenvalue weighted by Gasteiger charge is 2.26. The molecule has 0 unspecified atom stereocenters. The normalized spacial score (nSPS) is 11.4. The van der Waals surface area contributed by atoms with Crippen molar-refractivity contribution in [2.75, 3.05) is 26.1 Å². The van der Waals surface area contributed by atoms with Gasteiger partial charge < -0.3 is 14.6 Å². The SMILES string of the molecule is COC(=O)c1c(N(C)C)[nH]c2c1c(=O)n(C=Cc1ccccc1)c1ccc(-c3ccccc3)cc21. The molecule has 0 spiro atoms. The lowest BCUT2D eigenvalue weighted by Crippen LogP contribution is -2.19. The van der Waals surface area contributed by atoms with Crippen molar-refractivity contribution >= 4 is 45.9 Å². The van der Waals surface area contributed by atoms with Crippen LogP contribution in [0.5, 0.6) is 0 Å². The third kappa shape index (κ3) is 3.89. The van der Waals surface area contributed by atoms with E-state index in [0.717, 1.165) is 27.6 Å². The van der Waals surface area contributed by atoms with Crippen molar-refractivity contribution in [3.8, 4) is 11.1 Å². The van der Waals surface area contributed by atoms with Gasteiger partial charge in [-0.15, -0.1) is 0 Å². The molecule has 0 aliphatic heterocycles. The van der Waals surface area contributed by atoms with Crippen LogP contribution in [0.25, 0.3) is 45.2 Å². The number of aromatic amines is 1. The van der Waals surface area contributed by atoms with Crippen LogP contribution in [0.1, 0.15) is 15.9 Å². The van der Waals surface area contributed by atoms with E-state index in [1.165, 1.54) is 7.11 Å². The molecule has 0 bridgehead atoms. The van der Waals surface area contributed by atoms with Gasteiger partial charge in [0.1, 0.15) is 11.4 Å². The number of rotatable bonds is 5. The summed E-state index contributed by atoms with van der Waals surface area (Å²) >= 11 is 0. The number of aromatic nitrogens is 2. The van der Waals surface area contributed by atoms with Crippen molar-refractivity contribution < 1.29 is 9.53 Å². The van der Waals surface area contributed by atoms with Crippen LogP contribution in [0, 0.1) is 0 Å². The van der Waals surface area contributed by atoms with E-state index in [0.29, 0.717) is 16.7 Å². The number of methoxy groups -OCH3 is 1. The molecule has 0 amide bonds. The van der Waals surface area contributed by atoms with Crippen LogP contribution in [-0.2, 0) is 4.74 Å². The Balaban J connectivity index is 1.89. The molecule has 0 fully saturated rings. The molecule has 3 aromatic carbocycles. The van der Waals surface area contributed by atoms with E-state index in [4.69, 9.17) is 4.74 Å². The molecule has 6 heteroatoms. The van der Waals surface area contributed by atoms with Crippen LogP contribution in [0.3, 0.4) is 0 Å². The van der Waals surface area contributed by atoms with E-state index < -0.39 is 5.97 Å². The van der Waals surface area contributed by atoms with Gasteiger partial charge in [0, 0.05) is 25.7 Å². The van der Waals surface area contributed by atoms with Gasteiger partial charge in [-0.25, -0.2) is 4.79 Å². The average molecular weight is 464 g/mol. The Labute approximate surface area is 202 Å². The highest BCUT2D eigenvalue weighted by Crippen LogP contribution is 2.34. The molecule has 174 valence electrons. The minimum Gasteiger partial charge on any atom is -0.465 e. The minimum atomic E-state index is -0.561. The molecular weight excluding hydrogens is 438 g/mol. The molecule has 6 nitrogen and oxygen atoms in total. The van der Waals surface area contributed by atoms with Gasteiger partial charge >= 0.3 is 5.97 Å². The predicted molar refractivity (Wildman–Crippen MR) is 143 cm³/mol. The highest BCUT2D eigenvalue weighted by molar-refractivity contribution is 6.16. The number of hydrogen-bond donors (Lipinski definition) is 1. The Morgan fingerprint density at radius 3 is 2.29 bits per heavy atom. The van der Waals surface area contributed by atoms with E-state index in [2.05, 4.69) is 11.1 Å². The van der Waals surface area contributed by atoms with Gasteiger partial charge in [-0.3, -0.25) is 9.36 Å². The molecule has 0 aliphatic rings. The molecule has 0 saturated carbocycles. The maximum atomic E-state index is 13.9. The third-order valence-corrected chi connectivity index (χ3v) is 6.10. The lowest BCUT2D eigenvalue weighted by atomic mass is 10.0. The summed E-state index contributed by atoms with van der Waals surface area (Å²) in [4.78, 5) is 31.8. The number of carbonyl (C=O) groups is 1. The number of fused-ring (bicyclic) bond motifs is 3. The number of nitrogens with one attached hydrogen (secondary N) is 1. The Morgan fingerprint density at radius 1 is 0.943 bits per heavy atom. The second kappa shape index (κ2) is 8.99. The fraction of sp³-hybridized carbons (Fsp3) is 0.103. The van der Waals surface area contributed by atoms with Crippen molar-refractivity contribution in [3.05, 3.63) is 100 Å². The zero-order valence-corrected chi connectivity index (χ0v) is 19.8.